The summed E-state index contributed by atoms with van der Waals surface area (Å²) in [5, 5.41) is 3.11. The van der Waals surface area contributed by atoms with Crippen molar-refractivity contribution in [3.8, 4) is 0 Å². The van der Waals surface area contributed by atoms with E-state index in [1.807, 2.05) is 0 Å². The molecule has 1 fully saturated rings. The quantitative estimate of drug-likeness (QED) is 0.861. The molecule has 3 heteroatoms. The highest BCUT2D eigenvalue weighted by Crippen LogP contribution is 2.27. The minimum atomic E-state index is -0.964. The van der Waals surface area contributed by atoms with E-state index in [9.17, 15) is 4.39 Å². The zero-order valence-corrected chi connectivity index (χ0v) is 10.1. The molecule has 2 nitrogen and oxygen atoms in total. The number of fused-ring (bicyclic) bond motifs is 1. The predicted molar refractivity (Wildman–Crippen MR) is 66.5 cm³/mol. The van der Waals surface area contributed by atoms with Crippen molar-refractivity contribution in [2.75, 3.05) is 19.6 Å². The van der Waals surface area contributed by atoms with Gasteiger partial charge >= 0.3 is 0 Å². The highest BCUT2D eigenvalue weighted by molar-refractivity contribution is 5.30. The van der Waals surface area contributed by atoms with Gasteiger partial charge in [0.05, 0.1) is 0 Å². The third-order valence-corrected chi connectivity index (χ3v) is 3.97. The van der Waals surface area contributed by atoms with Gasteiger partial charge in [-0.15, -0.1) is 0 Å². The van der Waals surface area contributed by atoms with Crippen molar-refractivity contribution in [3.63, 3.8) is 0 Å². The largest absolute Gasteiger partial charge is 0.313 e. The first-order valence-electron chi connectivity index (χ1n) is 6.44. The van der Waals surface area contributed by atoms with E-state index in [2.05, 4.69) is 34.5 Å². The molecule has 1 unspecified atom stereocenters. The molecule has 0 aliphatic carbocycles. The van der Waals surface area contributed by atoms with Gasteiger partial charge in [-0.05, 0) is 30.5 Å². The molecule has 0 amide bonds. The summed E-state index contributed by atoms with van der Waals surface area (Å²) < 4.78 is 14.2. The van der Waals surface area contributed by atoms with Gasteiger partial charge < -0.3 is 5.32 Å². The summed E-state index contributed by atoms with van der Waals surface area (Å²) in [6, 6.07) is 8.52. The molecule has 3 rings (SSSR count). The topological polar surface area (TPSA) is 15.3 Å². The fourth-order valence-electron chi connectivity index (χ4n) is 2.85. The van der Waals surface area contributed by atoms with Crippen LogP contribution < -0.4 is 5.32 Å². The highest BCUT2D eigenvalue weighted by Gasteiger charge is 2.34. The second kappa shape index (κ2) is 4.39. The monoisotopic (exact) mass is 234 g/mol. The van der Waals surface area contributed by atoms with Crippen LogP contribution in [0.5, 0.6) is 0 Å². The summed E-state index contributed by atoms with van der Waals surface area (Å²) in [7, 11) is 0. The first kappa shape index (κ1) is 11.2. The summed E-state index contributed by atoms with van der Waals surface area (Å²) in [6.45, 7) is 4.21. The Morgan fingerprint density at radius 3 is 2.53 bits per heavy atom. The smallest absolute Gasteiger partial charge is 0.125 e. The van der Waals surface area contributed by atoms with Crippen LogP contribution in [0.2, 0.25) is 0 Å². The van der Waals surface area contributed by atoms with E-state index in [1.165, 1.54) is 11.1 Å². The van der Waals surface area contributed by atoms with E-state index in [-0.39, 0.29) is 0 Å². The number of hydrogen-bond donors (Lipinski definition) is 1. The van der Waals surface area contributed by atoms with Crippen LogP contribution in [0.15, 0.2) is 24.3 Å². The molecule has 0 bridgehead atoms. The molecule has 1 N–H and O–H groups in total. The van der Waals surface area contributed by atoms with Gasteiger partial charge in [0.15, 0.2) is 0 Å². The van der Waals surface area contributed by atoms with Gasteiger partial charge in [-0.25, -0.2) is 4.39 Å². The lowest BCUT2D eigenvalue weighted by atomic mass is 10.0. The van der Waals surface area contributed by atoms with Gasteiger partial charge in [0, 0.05) is 26.2 Å². The number of alkyl halides is 1. The molecule has 1 saturated heterocycles. The number of nitrogens with zero attached hydrogens (tertiary/aromatic N) is 1. The zero-order valence-electron chi connectivity index (χ0n) is 10.1. The fourth-order valence-corrected chi connectivity index (χ4v) is 2.85. The zero-order chi connectivity index (χ0) is 11.7. The highest BCUT2D eigenvalue weighted by atomic mass is 19.1. The average molecular weight is 234 g/mol. The van der Waals surface area contributed by atoms with E-state index in [4.69, 9.17) is 0 Å². The number of halogens is 1. The molecule has 1 aromatic carbocycles. The number of nitrogens with one attached hydrogen (secondary N) is 1. The summed E-state index contributed by atoms with van der Waals surface area (Å²) in [4.78, 5) is 2.35. The third kappa shape index (κ3) is 2.35. The van der Waals surface area contributed by atoms with Crippen molar-refractivity contribution in [2.24, 2.45) is 0 Å². The SMILES string of the molecule is FC1(CCN2Cc3ccccc3C2)CCNC1. The van der Waals surface area contributed by atoms with Crippen LogP contribution in [0.25, 0.3) is 0 Å². The maximum absolute atomic E-state index is 14.2. The summed E-state index contributed by atoms with van der Waals surface area (Å²) in [5.41, 5.74) is 1.85. The molecular formula is C14H19FN2. The van der Waals surface area contributed by atoms with E-state index in [0.29, 0.717) is 19.4 Å². The van der Waals surface area contributed by atoms with Crippen molar-refractivity contribution < 1.29 is 4.39 Å². The van der Waals surface area contributed by atoms with Crippen molar-refractivity contribution in [1.82, 2.24) is 10.2 Å². The third-order valence-electron chi connectivity index (χ3n) is 3.97. The maximum atomic E-state index is 14.2. The maximum Gasteiger partial charge on any atom is 0.125 e. The Kier molecular flexibility index (Phi) is 2.89. The first-order chi connectivity index (χ1) is 8.25. The van der Waals surface area contributed by atoms with E-state index in [1.54, 1.807) is 0 Å². The Hall–Kier alpha value is -0.930. The van der Waals surface area contributed by atoms with Crippen molar-refractivity contribution >= 4 is 0 Å². The van der Waals surface area contributed by atoms with Gasteiger partial charge in [-0.1, -0.05) is 24.3 Å². The molecule has 1 atom stereocenters. The average Bonchev–Trinajstić information content (AvgIpc) is 2.93. The minimum Gasteiger partial charge on any atom is -0.313 e. The van der Waals surface area contributed by atoms with Crippen LogP contribution in [-0.4, -0.2) is 30.2 Å². The molecule has 0 aromatic heterocycles. The van der Waals surface area contributed by atoms with Crippen molar-refractivity contribution in [3.05, 3.63) is 35.4 Å². The van der Waals surface area contributed by atoms with Gasteiger partial charge in [0.25, 0.3) is 0 Å². The molecule has 2 aliphatic heterocycles. The summed E-state index contributed by atoms with van der Waals surface area (Å²) >= 11 is 0. The number of hydrogen-bond acceptors (Lipinski definition) is 2. The normalized spacial score (nSPS) is 28.5. The lowest BCUT2D eigenvalue weighted by Gasteiger charge is -2.22. The molecular weight excluding hydrogens is 215 g/mol. The molecule has 17 heavy (non-hydrogen) atoms. The van der Waals surface area contributed by atoms with E-state index >= 15 is 0 Å². The Balaban J connectivity index is 1.55. The Labute approximate surface area is 102 Å². The molecule has 0 radical (unpaired) electrons. The van der Waals surface area contributed by atoms with Crippen LogP contribution in [0.1, 0.15) is 24.0 Å². The molecule has 92 valence electrons. The fraction of sp³-hybridized carbons (Fsp3) is 0.571. The Bertz CT molecular complexity index is 374. The summed E-state index contributed by atoms with van der Waals surface area (Å²) in [6.07, 6.45) is 1.34. The molecule has 2 aliphatic rings. The van der Waals surface area contributed by atoms with Crippen LogP contribution in [0.4, 0.5) is 4.39 Å². The van der Waals surface area contributed by atoms with E-state index in [0.717, 1.165) is 26.2 Å². The van der Waals surface area contributed by atoms with Crippen LogP contribution in [0, 0.1) is 0 Å². The van der Waals surface area contributed by atoms with Crippen LogP contribution in [-0.2, 0) is 13.1 Å². The standard InChI is InChI=1S/C14H19FN2/c15-14(5-7-16-11-14)6-8-17-9-12-3-1-2-4-13(12)10-17/h1-4,16H,5-11H2. The van der Waals surface area contributed by atoms with Gasteiger partial charge in [-0.2, -0.15) is 0 Å². The minimum absolute atomic E-state index is 0.536. The van der Waals surface area contributed by atoms with Crippen LogP contribution >= 0.6 is 0 Å². The Morgan fingerprint density at radius 2 is 1.94 bits per heavy atom. The van der Waals surface area contributed by atoms with Crippen molar-refractivity contribution in [1.29, 1.82) is 0 Å². The molecule has 2 heterocycles. The molecule has 0 spiro atoms. The lowest BCUT2D eigenvalue weighted by Crippen LogP contribution is -2.31. The predicted octanol–water partition coefficient (Wildman–Crippen LogP) is 2.09. The lowest BCUT2D eigenvalue weighted by molar-refractivity contribution is 0.143. The second-order valence-electron chi connectivity index (χ2n) is 5.31. The molecule has 0 saturated carbocycles. The second-order valence-corrected chi connectivity index (χ2v) is 5.31. The van der Waals surface area contributed by atoms with Crippen molar-refractivity contribution in [2.45, 2.75) is 31.6 Å². The Morgan fingerprint density at radius 1 is 1.24 bits per heavy atom. The molecule has 1 aromatic rings. The number of rotatable bonds is 3. The van der Waals surface area contributed by atoms with Gasteiger partial charge in [0.1, 0.15) is 5.67 Å². The van der Waals surface area contributed by atoms with Gasteiger partial charge in [-0.3, -0.25) is 4.90 Å². The first-order valence-corrected chi connectivity index (χ1v) is 6.44. The van der Waals surface area contributed by atoms with E-state index < -0.39 is 5.67 Å². The summed E-state index contributed by atoms with van der Waals surface area (Å²) in [5.74, 6) is 0. The van der Waals surface area contributed by atoms with Crippen LogP contribution in [0.3, 0.4) is 0 Å². The number of benzene rings is 1. The van der Waals surface area contributed by atoms with Gasteiger partial charge in [0.2, 0.25) is 0 Å².